The van der Waals surface area contributed by atoms with Gasteiger partial charge in [0.2, 0.25) is 0 Å². The van der Waals surface area contributed by atoms with Crippen molar-refractivity contribution in [3.05, 3.63) is 41.7 Å². The van der Waals surface area contributed by atoms with Gasteiger partial charge in [-0.3, -0.25) is 10.2 Å². The minimum Gasteiger partial charge on any atom is -0.282 e. The zero-order chi connectivity index (χ0) is 12.5. The topological polar surface area (TPSA) is 70.2 Å². The first-order chi connectivity index (χ1) is 8.72. The van der Waals surface area contributed by atoms with E-state index in [1.54, 1.807) is 0 Å². The highest BCUT2D eigenvalue weighted by molar-refractivity contribution is 5.61. The number of hydrogen-bond donors (Lipinski definition) is 2. The molecule has 0 radical (unpaired) electrons. The maximum absolute atomic E-state index is 4.57. The molecule has 0 aliphatic carbocycles. The SMILES string of the molecule is Cc1cc(-c2cccc(-c3cc(C)[nH]n3)n2)n[nH]1. The number of nitrogens with one attached hydrogen (secondary N) is 2. The summed E-state index contributed by atoms with van der Waals surface area (Å²) in [6.07, 6.45) is 0. The van der Waals surface area contributed by atoms with E-state index in [0.29, 0.717) is 0 Å². The number of aromatic amines is 2. The minimum atomic E-state index is 0.845. The Morgan fingerprint density at radius 2 is 1.28 bits per heavy atom. The van der Waals surface area contributed by atoms with Gasteiger partial charge in [0, 0.05) is 11.4 Å². The molecule has 2 N–H and O–H groups in total. The first-order valence-corrected chi connectivity index (χ1v) is 5.74. The van der Waals surface area contributed by atoms with Crippen LogP contribution in [0, 0.1) is 13.8 Å². The predicted molar refractivity (Wildman–Crippen MR) is 68.9 cm³/mol. The van der Waals surface area contributed by atoms with Crippen molar-refractivity contribution in [1.29, 1.82) is 0 Å². The van der Waals surface area contributed by atoms with E-state index >= 15 is 0 Å². The van der Waals surface area contributed by atoms with Crippen molar-refractivity contribution in [2.45, 2.75) is 13.8 Å². The van der Waals surface area contributed by atoms with Crippen LogP contribution in [0.15, 0.2) is 30.3 Å². The highest BCUT2D eigenvalue weighted by Gasteiger charge is 2.07. The molecule has 0 aliphatic heterocycles. The summed E-state index contributed by atoms with van der Waals surface area (Å²) in [4.78, 5) is 4.57. The fourth-order valence-electron chi connectivity index (χ4n) is 1.82. The smallest absolute Gasteiger partial charge is 0.111 e. The van der Waals surface area contributed by atoms with Crippen LogP contribution in [0.1, 0.15) is 11.4 Å². The molecule has 5 heteroatoms. The van der Waals surface area contributed by atoms with Gasteiger partial charge in [0.15, 0.2) is 0 Å². The summed E-state index contributed by atoms with van der Waals surface area (Å²) in [6.45, 7) is 3.94. The molecule has 0 atom stereocenters. The van der Waals surface area contributed by atoms with Crippen LogP contribution in [-0.4, -0.2) is 25.4 Å². The molecule has 0 bridgehead atoms. The molecule has 90 valence electrons. The standard InChI is InChI=1S/C13H13N5/c1-8-6-12(17-15-8)10-4-3-5-11(14-10)13-7-9(2)16-18-13/h3-7H,1-2H3,(H,15,17)(H,16,18). The summed E-state index contributed by atoms with van der Waals surface area (Å²) in [5, 5.41) is 14.3. The Labute approximate surface area is 104 Å². The second kappa shape index (κ2) is 4.10. The minimum absolute atomic E-state index is 0.845. The molecular weight excluding hydrogens is 226 g/mol. The molecule has 3 aromatic heterocycles. The molecule has 3 heterocycles. The second-order valence-electron chi connectivity index (χ2n) is 4.28. The monoisotopic (exact) mass is 239 g/mol. The Balaban J connectivity index is 2.04. The number of nitrogens with zero attached hydrogens (tertiary/aromatic N) is 3. The van der Waals surface area contributed by atoms with E-state index < -0.39 is 0 Å². The molecule has 18 heavy (non-hydrogen) atoms. The molecule has 0 saturated heterocycles. The van der Waals surface area contributed by atoms with E-state index in [-0.39, 0.29) is 0 Å². The highest BCUT2D eigenvalue weighted by atomic mass is 15.1. The number of hydrogen-bond acceptors (Lipinski definition) is 3. The van der Waals surface area contributed by atoms with Gasteiger partial charge in [0.1, 0.15) is 11.4 Å². The fraction of sp³-hybridized carbons (Fsp3) is 0.154. The van der Waals surface area contributed by atoms with Gasteiger partial charge in [-0.15, -0.1) is 0 Å². The van der Waals surface area contributed by atoms with Gasteiger partial charge in [-0.2, -0.15) is 10.2 Å². The lowest BCUT2D eigenvalue weighted by atomic mass is 10.2. The zero-order valence-electron chi connectivity index (χ0n) is 10.2. The zero-order valence-corrected chi connectivity index (χ0v) is 10.2. The third-order valence-corrected chi connectivity index (χ3v) is 2.69. The Bertz CT molecular complexity index is 625. The number of aromatic nitrogens is 5. The van der Waals surface area contributed by atoms with E-state index in [1.807, 2.05) is 44.2 Å². The Morgan fingerprint density at radius 3 is 1.67 bits per heavy atom. The molecule has 0 spiro atoms. The van der Waals surface area contributed by atoms with Crippen molar-refractivity contribution in [2.75, 3.05) is 0 Å². The summed E-state index contributed by atoms with van der Waals surface area (Å²) in [6, 6.07) is 9.80. The molecule has 3 rings (SSSR count). The van der Waals surface area contributed by atoms with Crippen molar-refractivity contribution < 1.29 is 0 Å². The van der Waals surface area contributed by atoms with E-state index in [9.17, 15) is 0 Å². The second-order valence-corrected chi connectivity index (χ2v) is 4.28. The summed E-state index contributed by atoms with van der Waals surface area (Å²) < 4.78 is 0. The largest absolute Gasteiger partial charge is 0.282 e. The Morgan fingerprint density at radius 1 is 0.778 bits per heavy atom. The maximum Gasteiger partial charge on any atom is 0.111 e. The Kier molecular flexibility index (Phi) is 2.44. The molecule has 0 aliphatic rings. The van der Waals surface area contributed by atoms with Gasteiger partial charge in [-0.25, -0.2) is 4.98 Å². The quantitative estimate of drug-likeness (QED) is 0.721. The lowest BCUT2D eigenvalue weighted by molar-refractivity contribution is 1.04. The van der Waals surface area contributed by atoms with Gasteiger partial charge in [-0.05, 0) is 38.1 Å². The van der Waals surface area contributed by atoms with Crippen molar-refractivity contribution in [2.24, 2.45) is 0 Å². The number of aryl methyl sites for hydroxylation is 2. The van der Waals surface area contributed by atoms with Crippen LogP contribution in [0.2, 0.25) is 0 Å². The van der Waals surface area contributed by atoms with Gasteiger partial charge in [0.25, 0.3) is 0 Å². The normalized spacial score (nSPS) is 10.8. The van der Waals surface area contributed by atoms with E-state index in [4.69, 9.17) is 0 Å². The third kappa shape index (κ3) is 1.90. The first-order valence-electron chi connectivity index (χ1n) is 5.74. The molecule has 0 amide bonds. The summed E-state index contributed by atoms with van der Waals surface area (Å²) in [7, 11) is 0. The molecular formula is C13H13N5. The third-order valence-electron chi connectivity index (χ3n) is 2.69. The van der Waals surface area contributed by atoms with E-state index in [1.165, 1.54) is 0 Å². The molecule has 5 nitrogen and oxygen atoms in total. The van der Waals surface area contributed by atoms with Crippen molar-refractivity contribution in [1.82, 2.24) is 25.4 Å². The lowest BCUT2D eigenvalue weighted by Crippen LogP contribution is -1.88. The molecule has 0 saturated carbocycles. The van der Waals surface area contributed by atoms with Crippen LogP contribution in [0.3, 0.4) is 0 Å². The van der Waals surface area contributed by atoms with Gasteiger partial charge in [0.05, 0.1) is 11.4 Å². The van der Waals surface area contributed by atoms with Crippen LogP contribution in [0.4, 0.5) is 0 Å². The summed E-state index contributed by atoms with van der Waals surface area (Å²) in [5.41, 5.74) is 5.43. The van der Waals surface area contributed by atoms with Gasteiger partial charge >= 0.3 is 0 Å². The van der Waals surface area contributed by atoms with Crippen LogP contribution in [-0.2, 0) is 0 Å². The van der Waals surface area contributed by atoms with Crippen LogP contribution in [0.5, 0.6) is 0 Å². The predicted octanol–water partition coefficient (Wildman–Crippen LogP) is 2.48. The first kappa shape index (κ1) is 10.7. The maximum atomic E-state index is 4.57. The van der Waals surface area contributed by atoms with Crippen molar-refractivity contribution in [3.63, 3.8) is 0 Å². The molecule has 0 unspecified atom stereocenters. The average Bonchev–Trinajstić information content (AvgIpc) is 2.98. The fourth-order valence-corrected chi connectivity index (χ4v) is 1.82. The van der Waals surface area contributed by atoms with Crippen molar-refractivity contribution in [3.8, 4) is 22.8 Å². The number of rotatable bonds is 2. The summed E-state index contributed by atoms with van der Waals surface area (Å²) in [5.74, 6) is 0. The van der Waals surface area contributed by atoms with E-state index in [0.717, 1.165) is 34.2 Å². The van der Waals surface area contributed by atoms with Crippen LogP contribution < -0.4 is 0 Å². The highest BCUT2D eigenvalue weighted by Crippen LogP contribution is 2.20. The molecule has 3 aromatic rings. The van der Waals surface area contributed by atoms with Crippen LogP contribution >= 0.6 is 0 Å². The Hall–Kier alpha value is -2.43. The van der Waals surface area contributed by atoms with E-state index in [2.05, 4.69) is 25.4 Å². The number of pyridine rings is 1. The lowest BCUT2D eigenvalue weighted by Gasteiger charge is -1.99. The van der Waals surface area contributed by atoms with Gasteiger partial charge in [-0.1, -0.05) is 6.07 Å². The van der Waals surface area contributed by atoms with Gasteiger partial charge < -0.3 is 0 Å². The molecule has 0 aromatic carbocycles. The molecule has 0 fully saturated rings. The number of H-pyrrole nitrogens is 2. The summed E-state index contributed by atoms with van der Waals surface area (Å²) >= 11 is 0. The average molecular weight is 239 g/mol. The van der Waals surface area contributed by atoms with Crippen LogP contribution in [0.25, 0.3) is 22.8 Å². The van der Waals surface area contributed by atoms with Crippen molar-refractivity contribution >= 4 is 0 Å².